The molecule has 6 heteroatoms. The molecule has 0 fully saturated rings. The van der Waals surface area contributed by atoms with Crippen LogP contribution in [0.1, 0.15) is 0 Å². The normalized spacial score (nSPS) is 10.1. The highest BCUT2D eigenvalue weighted by Crippen LogP contribution is 2.36. The van der Waals surface area contributed by atoms with Crippen LogP contribution < -0.4 is 10.5 Å². The number of rotatable bonds is 3. The van der Waals surface area contributed by atoms with Crippen LogP contribution in [0.5, 0.6) is 11.5 Å². The van der Waals surface area contributed by atoms with E-state index in [9.17, 15) is 14.5 Å². The highest BCUT2D eigenvalue weighted by molar-refractivity contribution is 5.58. The molecular weight excluding hydrogens is 239 g/mol. The molecule has 2 rings (SSSR count). The zero-order valence-corrected chi connectivity index (χ0v) is 9.17. The van der Waals surface area contributed by atoms with Crippen LogP contribution in [-0.2, 0) is 0 Å². The van der Waals surface area contributed by atoms with Gasteiger partial charge in [-0.25, -0.2) is 4.39 Å². The molecule has 0 amide bonds. The van der Waals surface area contributed by atoms with Gasteiger partial charge in [-0.3, -0.25) is 10.1 Å². The molecule has 2 aromatic carbocycles. The van der Waals surface area contributed by atoms with Gasteiger partial charge in [-0.2, -0.15) is 0 Å². The first-order valence-electron chi connectivity index (χ1n) is 5.05. The molecule has 0 aliphatic carbocycles. The fraction of sp³-hybridized carbons (Fsp3) is 0. The summed E-state index contributed by atoms with van der Waals surface area (Å²) in [6.07, 6.45) is 0. The molecule has 0 aliphatic rings. The summed E-state index contributed by atoms with van der Waals surface area (Å²) in [4.78, 5) is 10.1. The van der Waals surface area contributed by atoms with Crippen molar-refractivity contribution < 1.29 is 14.1 Å². The van der Waals surface area contributed by atoms with Crippen LogP contribution in [0.2, 0.25) is 0 Å². The Morgan fingerprint density at radius 3 is 2.44 bits per heavy atom. The van der Waals surface area contributed by atoms with Crippen molar-refractivity contribution in [1.29, 1.82) is 0 Å². The van der Waals surface area contributed by atoms with Crippen LogP contribution in [0.15, 0.2) is 42.5 Å². The minimum atomic E-state index is -0.937. The number of hydrogen-bond acceptors (Lipinski definition) is 4. The van der Waals surface area contributed by atoms with Gasteiger partial charge < -0.3 is 10.5 Å². The lowest BCUT2D eigenvalue weighted by Gasteiger charge is -2.08. The molecule has 18 heavy (non-hydrogen) atoms. The van der Waals surface area contributed by atoms with Crippen LogP contribution in [0, 0.1) is 15.9 Å². The van der Waals surface area contributed by atoms with Gasteiger partial charge in [-0.15, -0.1) is 0 Å². The third-order valence-corrected chi connectivity index (χ3v) is 2.27. The number of nitrogen functional groups attached to an aromatic ring is 1. The van der Waals surface area contributed by atoms with Crippen molar-refractivity contribution in [3.8, 4) is 11.5 Å². The van der Waals surface area contributed by atoms with E-state index >= 15 is 0 Å². The maximum absolute atomic E-state index is 13.8. The monoisotopic (exact) mass is 248 g/mol. The van der Waals surface area contributed by atoms with Gasteiger partial charge in [0, 0.05) is 6.07 Å². The summed E-state index contributed by atoms with van der Waals surface area (Å²) in [5, 5.41) is 10.8. The number of benzene rings is 2. The second-order valence-electron chi connectivity index (χ2n) is 3.49. The summed E-state index contributed by atoms with van der Waals surface area (Å²) in [5.74, 6) is -1.12. The molecule has 0 aromatic heterocycles. The van der Waals surface area contributed by atoms with Gasteiger partial charge in [0.05, 0.1) is 10.6 Å². The van der Waals surface area contributed by atoms with Crippen molar-refractivity contribution in [3.05, 3.63) is 58.4 Å². The van der Waals surface area contributed by atoms with Crippen molar-refractivity contribution >= 4 is 11.4 Å². The van der Waals surface area contributed by atoms with Gasteiger partial charge in [0.25, 0.3) is 0 Å². The van der Waals surface area contributed by atoms with Gasteiger partial charge in [-0.05, 0) is 18.2 Å². The number of hydrogen-bond donors (Lipinski definition) is 1. The van der Waals surface area contributed by atoms with E-state index in [1.807, 2.05) is 0 Å². The molecule has 0 radical (unpaired) electrons. The highest BCUT2D eigenvalue weighted by Gasteiger charge is 2.22. The van der Waals surface area contributed by atoms with Crippen LogP contribution >= 0.6 is 0 Å². The summed E-state index contributed by atoms with van der Waals surface area (Å²) in [7, 11) is 0. The van der Waals surface area contributed by atoms with Crippen LogP contribution in [0.25, 0.3) is 0 Å². The van der Waals surface area contributed by atoms with Crippen LogP contribution in [-0.4, -0.2) is 4.92 Å². The quantitative estimate of drug-likeness (QED) is 0.514. The van der Waals surface area contributed by atoms with Gasteiger partial charge in [0.1, 0.15) is 5.75 Å². The predicted molar refractivity (Wildman–Crippen MR) is 64.0 cm³/mol. The van der Waals surface area contributed by atoms with E-state index in [0.29, 0.717) is 5.75 Å². The smallest absolute Gasteiger partial charge is 0.314 e. The van der Waals surface area contributed by atoms with Crippen molar-refractivity contribution in [1.82, 2.24) is 0 Å². The molecule has 0 unspecified atom stereocenters. The largest absolute Gasteiger partial charge is 0.447 e. The maximum atomic E-state index is 13.8. The average Bonchev–Trinajstić information content (AvgIpc) is 2.36. The molecule has 2 aromatic rings. The highest BCUT2D eigenvalue weighted by atomic mass is 19.1. The van der Waals surface area contributed by atoms with Crippen molar-refractivity contribution in [2.45, 2.75) is 0 Å². The number of nitro groups is 1. The molecule has 2 N–H and O–H groups in total. The number of anilines is 1. The van der Waals surface area contributed by atoms with E-state index in [4.69, 9.17) is 10.5 Å². The lowest BCUT2D eigenvalue weighted by molar-refractivity contribution is -0.385. The minimum absolute atomic E-state index is 0.202. The molecule has 0 aliphatic heterocycles. The Labute approximate surface area is 102 Å². The predicted octanol–water partition coefficient (Wildman–Crippen LogP) is 3.11. The first kappa shape index (κ1) is 11.8. The number of nitrogens with zero attached hydrogens (tertiary/aromatic N) is 1. The number of ether oxygens (including phenoxy) is 1. The Bertz CT molecular complexity index is 587. The lowest BCUT2D eigenvalue weighted by atomic mass is 10.2. The van der Waals surface area contributed by atoms with E-state index in [0.717, 1.165) is 12.1 Å². The Morgan fingerprint density at radius 1 is 1.17 bits per heavy atom. The second kappa shape index (κ2) is 4.70. The van der Waals surface area contributed by atoms with Gasteiger partial charge in [-0.1, -0.05) is 18.2 Å². The van der Waals surface area contributed by atoms with Crippen molar-refractivity contribution in [2.24, 2.45) is 0 Å². The van der Waals surface area contributed by atoms with Crippen molar-refractivity contribution in [3.63, 3.8) is 0 Å². The fourth-order valence-corrected chi connectivity index (χ4v) is 1.41. The van der Waals surface area contributed by atoms with E-state index in [2.05, 4.69) is 0 Å². The summed E-state index contributed by atoms with van der Waals surface area (Å²) in [6.45, 7) is 0. The summed E-state index contributed by atoms with van der Waals surface area (Å²) in [6, 6.07) is 10.5. The van der Waals surface area contributed by atoms with Crippen LogP contribution in [0.4, 0.5) is 15.8 Å². The fourth-order valence-electron chi connectivity index (χ4n) is 1.41. The van der Waals surface area contributed by atoms with E-state index in [-0.39, 0.29) is 5.69 Å². The van der Waals surface area contributed by atoms with Gasteiger partial charge >= 0.3 is 5.69 Å². The van der Waals surface area contributed by atoms with Gasteiger partial charge in [0.2, 0.25) is 5.75 Å². The molecular formula is C12H9FN2O3. The first-order chi connectivity index (χ1) is 8.59. The zero-order chi connectivity index (χ0) is 13.1. The minimum Gasteiger partial charge on any atom is -0.447 e. The Kier molecular flexibility index (Phi) is 3.09. The molecule has 0 saturated carbocycles. The number of para-hydroxylation sites is 1. The van der Waals surface area contributed by atoms with Crippen LogP contribution in [0.3, 0.4) is 0 Å². The number of halogens is 1. The second-order valence-corrected chi connectivity index (χ2v) is 3.49. The number of nitrogens with two attached hydrogens (primary N) is 1. The van der Waals surface area contributed by atoms with Gasteiger partial charge in [0.15, 0.2) is 5.82 Å². The summed E-state index contributed by atoms with van der Waals surface area (Å²) >= 11 is 0. The zero-order valence-electron chi connectivity index (χ0n) is 9.17. The third kappa shape index (κ3) is 2.22. The average molecular weight is 248 g/mol. The molecule has 92 valence electrons. The first-order valence-corrected chi connectivity index (χ1v) is 5.05. The molecule has 5 nitrogen and oxygen atoms in total. The molecule has 0 spiro atoms. The third-order valence-electron chi connectivity index (χ3n) is 2.27. The summed E-state index contributed by atoms with van der Waals surface area (Å²) < 4.78 is 18.9. The number of nitro benzene ring substituents is 1. The Balaban J connectivity index is 2.48. The van der Waals surface area contributed by atoms with E-state index in [1.165, 1.54) is 0 Å². The van der Waals surface area contributed by atoms with Crippen molar-refractivity contribution in [2.75, 3.05) is 5.73 Å². The molecule has 0 saturated heterocycles. The SMILES string of the molecule is Nc1ccc([N+](=O)[O-])c(Oc2ccccc2)c1F. The molecule has 0 bridgehead atoms. The Morgan fingerprint density at radius 2 is 1.83 bits per heavy atom. The Hall–Kier alpha value is -2.63. The van der Waals surface area contributed by atoms with E-state index < -0.39 is 22.2 Å². The molecule has 0 heterocycles. The molecule has 0 atom stereocenters. The van der Waals surface area contributed by atoms with E-state index in [1.54, 1.807) is 30.3 Å². The topological polar surface area (TPSA) is 78.4 Å². The maximum Gasteiger partial charge on any atom is 0.314 e. The standard InChI is InChI=1S/C12H9FN2O3/c13-11-9(14)6-7-10(15(16)17)12(11)18-8-4-2-1-3-5-8/h1-7H,14H2. The summed E-state index contributed by atoms with van der Waals surface area (Å²) in [5.41, 5.74) is 4.70. The lowest BCUT2D eigenvalue weighted by Crippen LogP contribution is -1.99.